The van der Waals surface area contributed by atoms with Gasteiger partial charge in [-0.05, 0) is 43.4 Å². The van der Waals surface area contributed by atoms with E-state index in [1.165, 1.54) is 12.1 Å². The van der Waals surface area contributed by atoms with Gasteiger partial charge in [0.05, 0.1) is 5.56 Å². The Morgan fingerprint density at radius 2 is 1.65 bits per heavy atom. The Morgan fingerprint density at radius 1 is 1.10 bits per heavy atom. The van der Waals surface area contributed by atoms with Crippen molar-refractivity contribution in [3.05, 3.63) is 35.4 Å². The summed E-state index contributed by atoms with van der Waals surface area (Å²) in [6.45, 7) is 8.74. The lowest BCUT2D eigenvalue weighted by Crippen LogP contribution is -2.34. The standard InChI is InChI=1S/C16H24F3N/c1-5-10-20-12(2)11-15(3,4)13-8-6-7-9-14(13)16(17,18)19/h6-9,12,20H,5,10-11H2,1-4H3. The van der Waals surface area contributed by atoms with E-state index < -0.39 is 17.2 Å². The van der Waals surface area contributed by atoms with Crippen LogP contribution in [0.5, 0.6) is 0 Å². The highest BCUT2D eigenvalue weighted by molar-refractivity contribution is 5.35. The fraction of sp³-hybridized carbons (Fsp3) is 0.625. The summed E-state index contributed by atoms with van der Waals surface area (Å²) in [4.78, 5) is 0. The number of benzene rings is 1. The maximum absolute atomic E-state index is 13.1. The second kappa shape index (κ2) is 6.61. The first kappa shape index (κ1) is 17.0. The van der Waals surface area contributed by atoms with Gasteiger partial charge in [-0.25, -0.2) is 0 Å². The molecule has 0 radical (unpaired) electrons. The zero-order chi connectivity index (χ0) is 15.4. The molecule has 0 aliphatic carbocycles. The van der Waals surface area contributed by atoms with E-state index in [2.05, 4.69) is 12.2 Å². The quantitative estimate of drug-likeness (QED) is 0.795. The summed E-state index contributed by atoms with van der Waals surface area (Å²) in [6, 6.07) is 6.07. The van der Waals surface area contributed by atoms with Crippen molar-refractivity contribution in [3.63, 3.8) is 0 Å². The Balaban J connectivity index is 2.98. The van der Waals surface area contributed by atoms with Gasteiger partial charge in [-0.1, -0.05) is 39.0 Å². The molecule has 0 heterocycles. The Morgan fingerprint density at radius 3 is 2.15 bits per heavy atom. The molecule has 20 heavy (non-hydrogen) atoms. The third-order valence-electron chi connectivity index (χ3n) is 3.52. The predicted molar refractivity (Wildman–Crippen MR) is 76.8 cm³/mol. The summed E-state index contributed by atoms with van der Waals surface area (Å²) < 4.78 is 39.3. The molecule has 0 bridgehead atoms. The molecular weight excluding hydrogens is 263 g/mol. The first-order chi connectivity index (χ1) is 9.18. The van der Waals surface area contributed by atoms with Crippen molar-refractivity contribution in [3.8, 4) is 0 Å². The highest BCUT2D eigenvalue weighted by atomic mass is 19.4. The molecule has 0 amide bonds. The van der Waals surface area contributed by atoms with Crippen LogP contribution >= 0.6 is 0 Å². The van der Waals surface area contributed by atoms with Crippen molar-refractivity contribution in [1.82, 2.24) is 5.32 Å². The van der Waals surface area contributed by atoms with Crippen molar-refractivity contribution < 1.29 is 13.2 Å². The third-order valence-corrected chi connectivity index (χ3v) is 3.52. The van der Waals surface area contributed by atoms with Crippen LogP contribution in [0.1, 0.15) is 51.7 Å². The maximum Gasteiger partial charge on any atom is 0.416 e. The molecule has 0 fully saturated rings. The lowest BCUT2D eigenvalue weighted by atomic mass is 9.77. The SMILES string of the molecule is CCCNC(C)CC(C)(C)c1ccccc1C(F)(F)F. The summed E-state index contributed by atoms with van der Waals surface area (Å²) in [5.74, 6) is 0. The normalized spacial score (nSPS) is 14.3. The largest absolute Gasteiger partial charge is 0.416 e. The molecule has 0 saturated heterocycles. The molecule has 0 aliphatic heterocycles. The fourth-order valence-electron chi connectivity index (χ4n) is 2.66. The van der Waals surface area contributed by atoms with E-state index in [1.54, 1.807) is 12.1 Å². The summed E-state index contributed by atoms with van der Waals surface area (Å²) in [5, 5.41) is 3.34. The van der Waals surface area contributed by atoms with Crippen molar-refractivity contribution in [2.24, 2.45) is 0 Å². The van der Waals surface area contributed by atoms with E-state index >= 15 is 0 Å². The van der Waals surface area contributed by atoms with E-state index in [-0.39, 0.29) is 6.04 Å². The van der Waals surface area contributed by atoms with E-state index in [0.29, 0.717) is 12.0 Å². The highest BCUT2D eigenvalue weighted by Gasteiger charge is 2.37. The molecule has 0 saturated carbocycles. The van der Waals surface area contributed by atoms with E-state index in [9.17, 15) is 13.2 Å². The molecule has 1 N–H and O–H groups in total. The van der Waals surface area contributed by atoms with Crippen LogP contribution in [0.15, 0.2) is 24.3 Å². The predicted octanol–water partition coefficient (Wildman–Crippen LogP) is 4.76. The van der Waals surface area contributed by atoms with Crippen LogP contribution < -0.4 is 5.32 Å². The van der Waals surface area contributed by atoms with Crippen LogP contribution in [0.25, 0.3) is 0 Å². The minimum atomic E-state index is -4.30. The van der Waals surface area contributed by atoms with Gasteiger partial charge in [0.1, 0.15) is 0 Å². The lowest BCUT2D eigenvalue weighted by Gasteiger charge is -2.31. The summed E-state index contributed by atoms with van der Waals surface area (Å²) in [7, 11) is 0. The van der Waals surface area contributed by atoms with Gasteiger partial charge < -0.3 is 5.32 Å². The van der Waals surface area contributed by atoms with Crippen LogP contribution in [-0.2, 0) is 11.6 Å². The molecule has 1 atom stereocenters. The summed E-state index contributed by atoms with van der Waals surface area (Å²) >= 11 is 0. The lowest BCUT2D eigenvalue weighted by molar-refractivity contribution is -0.138. The van der Waals surface area contributed by atoms with Gasteiger partial charge in [-0.2, -0.15) is 13.2 Å². The molecule has 1 unspecified atom stereocenters. The van der Waals surface area contributed by atoms with Crippen molar-refractivity contribution in [2.75, 3.05) is 6.54 Å². The molecule has 1 aromatic carbocycles. The Kier molecular flexibility index (Phi) is 5.63. The van der Waals surface area contributed by atoms with Gasteiger partial charge in [0.15, 0.2) is 0 Å². The molecule has 4 heteroatoms. The second-order valence-corrected chi connectivity index (χ2v) is 5.99. The minimum Gasteiger partial charge on any atom is -0.314 e. The maximum atomic E-state index is 13.1. The topological polar surface area (TPSA) is 12.0 Å². The van der Waals surface area contributed by atoms with Crippen LogP contribution in [0.4, 0.5) is 13.2 Å². The number of halogens is 3. The zero-order valence-electron chi connectivity index (χ0n) is 12.6. The Labute approximate surface area is 119 Å². The van der Waals surface area contributed by atoms with Crippen molar-refractivity contribution in [1.29, 1.82) is 0 Å². The monoisotopic (exact) mass is 287 g/mol. The van der Waals surface area contributed by atoms with Gasteiger partial charge >= 0.3 is 6.18 Å². The van der Waals surface area contributed by atoms with Crippen molar-refractivity contribution in [2.45, 2.75) is 58.2 Å². The molecular formula is C16H24F3N. The molecule has 1 rings (SSSR count). The number of hydrogen-bond acceptors (Lipinski definition) is 1. The molecule has 0 spiro atoms. The van der Waals surface area contributed by atoms with Crippen LogP contribution in [0, 0.1) is 0 Å². The van der Waals surface area contributed by atoms with Crippen molar-refractivity contribution >= 4 is 0 Å². The first-order valence-electron chi connectivity index (χ1n) is 7.08. The van der Waals surface area contributed by atoms with Gasteiger partial charge in [-0.3, -0.25) is 0 Å². The minimum absolute atomic E-state index is 0.186. The highest BCUT2D eigenvalue weighted by Crippen LogP contribution is 2.39. The smallest absolute Gasteiger partial charge is 0.314 e. The van der Waals surface area contributed by atoms with Gasteiger partial charge in [0.2, 0.25) is 0 Å². The number of nitrogens with one attached hydrogen (secondary N) is 1. The average Bonchev–Trinajstić information content (AvgIpc) is 2.35. The number of alkyl halides is 3. The van der Waals surface area contributed by atoms with Gasteiger partial charge in [-0.15, -0.1) is 0 Å². The number of hydrogen-bond donors (Lipinski definition) is 1. The van der Waals surface area contributed by atoms with Crippen LogP contribution in [0.2, 0.25) is 0 Å². The Hall–Kier alpha value is -1.03. The van der Waals surface area contributed by atoms with Crippen LogP contribution in [-0.4, -0.2) is 12.6 Å². The van der Waals surface area contributed by atoms with E-state index in [4.69, 9.17) is 0 Å². The zero-order valence-corrected chi connectivity index (χ0v) is 12.6. The van der Waals surface area contributed by atoms with E-state index in [0.717, 1.165) is 13.0 Å². The van der Waals surface area contributed by atoms with Crippen LogP contribution in [0.3, 0.4) is 0 Å². The first-order valence-corrected chi connectivity index (χ1v) is 7.08. The molecule has 1 nitrogen and oxygen atoms in total. The molecule has 0 aliphatic rings. The number of rotatable bonds is 6. The van der Waals surface area contributed by atoms with E-state index in [1.807, 2.05) is 20.8 Å². The fourth-order valence-corrected chi connectivity index (χ4v) is 2.66. The molecule has 1 aromatic rings. The summed E-state index contributed by atoms with van der Waals surface area (Å²) in [5.41, 5.74) is -0.669. The van der Waals surface area contributed by atoms with Gasteiger partial charge in [0.25, 0.3) is 0 Å². The summed E-state index contributed by atoms with van der Waals surface area (Å²) in [6.07, 6.45) is -2.61. The average molecular weight is 287 g/mol. The molecule has 0 aromatic heterocycles. The second-order valence-electron chi connectivity index (χ2n) is 5.99. The van der Waals surface area contributed by atoms with Gasteiger partial charge in [0, 0.05) is 6.04 Å². The Bertz CT molecular complexity index is 424. The third kappa shape index (κ3) is 4.51. The molecule has 114 valence electrons.